The third kappa shape index (κ3) is 4.80. The molecule has 0 radical (unpaired) electrons. The summed E-state index contributed by atoms with van der Waals surface area (Å²) >= 11 is 0. The van der Waals surface area contributed by atoms with Gasteiger partial charge in [-0.05, 0) is 24.8 Å². The van der Waals surface area contributed by atoms with Gasteiger partial charge in [0.05, 0.1) is 19.3 Å². The van der Waals surface area contributed by atoms with Gasteiger partial charge >= 0.3 is 0 Å². The van der Waals surface area contributed by atoms with E-state index in [-0.39, 0.29) is 5.91 Å². The zero-order valence-corrected chi connectivity index (χ0v) is 14.1. The summed E-state index contributed by atoms with van der Waals surface area (Å²) in [5, 5.41) is 19.8. The molecule has 24 heavy (non-hydrogen) atoms. The Morgan fingerprint density at radius 3 is 2.50 bits per heavy atom. The van der Waals surface area contributed by atoms with Gasteiger partial charge in [-0.25, -0.2) is 0 Å². The molecule has 5 nitrogen and oxygen atoms in total. The Balaban J connectivity index is 2.04. The molecule has 1 N–H and O–H groups in total. The van der Waals surface area contributed by atoms with Gasteiger partial charge in [0.25, 0.3) is 5.91 Å². The van der Waals surface area contributed by atoms with E-state index in [1.165, 1.54) is 0 Å². The monoisotopic (exact) mass is 330 g/mol. The summed E-state index contributed by atoms with van der Waals surface area (Å²) in [5.41, 5.74) is -0.827. The summed E-state index contributed by atoms with van der Waals surface area (Å²) in [6.07, 6.45) is 4.46. The second kappa shape index (κ2) is 9.41. The lowest BCUT2D eigenvalue weighted by atomic mass is 9.86. The molecule has 1 fully saturated rings. The molecule has 1 aliphatic rings. The first-order valence-corrected chi connectivity index (χ1v) is 8.70. The summed E-state index contributed by atoms with van der Waals surface area (Å²) in [5.74, 6) is -0.228. The molecule has 5 heteroatoms. The van der Waals surface area contributed by atoms with Gasteiger partial charge in [0.1, 0.15) is 0 Å². The summed E-state index contributed by atoms with van der Waals surface area (Å²) in [7, 11) is 0. The van der Waals surface area contributed by atoms with Crippen molar-refractivity contribution >= 4 is 5.91 Å². The van der Waals surface area contributed by atoms with Gasteiger partial charge in [0, 0.05) is 19.5 Å². The van der Waals surface area contributed by atoms with E-state index in [0.717, 1.165) is 25.7 Å². The number of nitriles is 1. The van der Waals surface area contributed by atoms with E-state index < -0.39 is 5.60 Å². The van der Waals surface area contributed by atoms with Crippen molar-refractivity contribution in [1.82, 2.24) is 4.90 Å². The normalized spacial score (nSPS) is 17.1. The van der Waals surface area contributed by atoms with E-state index in [4.69, 9.17) is 10.00 Å². The van der Waals surface area contributed by atoms with Crippen LogP contribution >= 0.6 is 0 Å². The Kier molecular flexibility index (Phi) is 7.23. The van der Waals surface area contributed by atoms with Gasteiger partial charge in [0.2, 0.25) is 0 Å². The molecular formula is C19H26N2O3. The molecule has 0 saturated carbocycles. The second-order valence-electron chi connectivity index (χ2n) is 6.20. The van der Waals surface area contributed by atoms with Gasteiger partial charge in [-0.2, -0.15) is 5.26 Å². The van der Waals surface area contributed by atoms with Crippen molar-refractivity contribution in [3.05, 3.63) is 35.9 Å². The number of aliphatic hydroxyl groups is 1. The highest BCUT2D eigenvalue weighted by atomic mass is 16.5. The average Bonchev–Trinajstić information content (AvgIpc) is 2.65. The highest BCUT2D eigenvalue weighted by molar-refractivity contribution is 5.86. The van der Waals surface area contributed by atoms with Crippen molar-refractivity contribution in [1.29, 1.82) is 5.26 Å². The predicted octanol–water partition coefficient (Wildman–Crippen LogP) is 2.60. The number of ether oxygens (including phenoxy) is 1. The number of hydrogen-bond donors (Lipinski definition) is 1. The number of rotatable bonds is 8. The van der Waals surface area contributed by atoms with Crippen LogP contribution in [0.3, 0.4) is 0 Å². The fraction of sp³-hybridized carbons (Fsp3) is 0.579. The van der Waals surface area contributed by atoms with Gasteiger partial charge in [0.15, 0.2) is 5.60 Å². The standard InChI is InChI=1S/C19H26N2O3/c20-12-8-3-1-2-7-11-19(23,17-9-5-4-6-10-17)18(22)21-13-15-24-16-14-21/h4-6,9-10,23H,1-3,7-8,11,13-16H2. The zero-order valence-electron chi connectivity index (χ0n) is 14.1. The van der Waals surface area contributed by atoms with E-state index in [0.29, 0.717) is 44.7 Å². The van der Waals surface area contributed by atoms with E-state index in [2.05, 4.69) is 6.07 Å². The molecule has 1 aromatic rings. The number of unbranched alkanes of at least 4 members (excludes halogenated alkanes) is 4. The van der Waals surface area contributed by atoms with E-state index in [9.17, 15) is 9.90 Å². The van der Waals surface area contributed by atoms with Crippen molar-refractivity contribution in [2.45, 2.75) is 44.1 Å². The molecule has 1 unspecified atom stereocenters. The summed E-state index contributed by atoms with van der Waals surface area (Å²) in [6.45, 7) is 2.09. The van der Waals surface area contributed by atoms with Gasteiger partial charge in [-0.1, -0.05) is 43.2 Å². The minimum Gasteiger partial charge on any atom is -0.378 e. The highest BCUT2D eigenvalue weighted by Crippen LogP contribution is 2.30. The molecule has 0 spiro atoms. The Hall–Kier alpha value is -1.90. The molecule has 1 saturated heterocycles. The van der Waals surface area contributed by atoms with Crippen LogP contribution in [0.1, 0.15) is 44.1 Å². The number of benzene rings is 1. The molecule has 0 bridgehead atoms. The maximum atomic E-state index is 13.0. The molecule has 2 rings (SSSR count). The number of morpholine rings is 1. The van der Waals surface area contributed by atoms with Crippen LogP contribution in [-0.4, -0.2) is 42.2 Å². The average molecular weight is 330 g/mol. The molecule has 0 aliphatic carbocycles. The lowest BCUT2D eigenvalue weighted by Crippen LogP contribution is -2.51. The van der Waals surface area contributed by atoms with E-state index in [1.54, 1.807) is 4.90 Å². The maximum absolute atomic E-state index is 13.0. The SMILES string of the molecule is N#CCCCCCCC(O)(C(=O)N1CCOCC1)c1ccccc1. The van der Waals surface area contributed by atoms with Crippen LogP contribution in [0, 0.1) is 11.3 Å². The molecule has 1 heterocycles. The molecule has 1 atom stereocenters. The molecule has 1 amide bonds. The predicted molar refractivity (Wildman–Crippen MR) is 91.1 cm³/mol. The minimum atomic E-state index is -1.48. The second-order valence-corrected chi connectivity index (χ2v) is 6.20. The third-order valence-electron chi connectivity index (χ3n) is 4.48. The van der Waals surface area contributed by atoms with Crippen molar-refractivity contribution in [2.24, 2.45) is 0 Å². The summed E-state index contributed by atoms with van der Waals surface area (Å²) in [4.78, 5) is 14.7. The van der Waals surface area contributed by atoms with Gasteiger partial charge in [-0.3, -0.25) is 4.79 Å². The molecule has 0 aromatic heterocycles. The quantitative estimate of drug-likeness (QED) is 0.744. The Morgan fingerprint density at radius 1 is 1.17 bits per heavy atom. The first kappa shape index (κ1) is 18.4. The van der Waals surface area contributed by atoms with Gasteiger partial charge < -0.3 is 14.7 Å². The van der Waals surface area contributed by atoms with E-state index in [1.807, 2.05) is 30.3 Å². The van der Waals surface area contributed by atoms with Crippen molar-refractivity contribution in [3.63, 3.8) is 0 Å². The Bertz CT molecular complexity index is 549. The van der Waals surface area contributed by atoms with Crippen molar-refractivity contribution < 1.29 is 14.6 Å². The minimum absolute atomic E-state index is 0.228. The van der Waals surface area contributed by atoms with Crippen LogP contribution in [0.2, 0.25) is 0 Å². The Labute approximate surface area is 143 Å². The first-order chi connectivity index (χ1) is 11.7. The maximum Gasteiger partial charge on any atom is 0.259 e. The van der Waals surface area contributed by atoms with Crippen LogP contribution < -0.4 is 0 Å². The van der Waals surface area contributed by atoms with Crippen molar-refractivity contribution in [2.75, 3.05) is 26.3 Å². The first-order valence-electron chi connectivity index (χ1n) is 8.70. The van der Waals surface area contributed by atoms with Crippen LogP contribution in [0.5, 0.6) is 0 Å². The number of carbonyl (C=O) groups excluding carboxylic acids is 1. The fourth-order valence-corrected chi connectivity index (χ4v) is 3.06. The number of amides is 1. The lowest BCUT2D eigenvalue weighted by Gasteiger charge is -2.35. The number of nitrogens with zero attached hydrogens (tertiary/aromatic N) is 2. The number of hydrogen-bond acceptors (Lipinski definition) is 4. The number of carbonyl (C=O) groups is 1. The Morgan fingerprint density at radius 2 is 1.83 bits per heavy atom. The fourth-order valence-electron chi connectivity index (χ4n) is 3.06. The van der Waals surface area contributed by atoms with Crippen LogP contribution in [-0.2, 0) is 15.1 Å². The van der Waals surface area contributed by atoms with Crippen molar-refractivity contribution in [3.8, 4) is 6.07 Å². The molecule has 130 valence electrons. The van der Waals surface area contributed by atoms with Gasteiger partial charge in [-0.15, -0.1) is 0 Å². The molecule has 1 aromatic carbocycles. The molecular weight excluding hydrogens is 304 g/mol. The van der Waals surface area contributed by atoms with Crippen LogP contribution in [0.25, 0.3) is 0 Å². The van der Waals surface area contributed by atoms with Crippen LogP contribution in [0.4, 0.5) is 0 Å². The largest absolute Gasteiger partial charge is 0.378 e. The summed E-state index contributed by atoms with van der Waals surface area (Å²) < 4.78 is 5.30. The van der Waals surface area contributed by atoms with E-state index >= 15 is 0 Å². The molecule has 1 aliphatic heterocycles. The lowest BCUT2D eigenvalue weighted by molar-refractivity contribution is -0.157. The highest BCUT2D eigenvalue weighted by Gasteiger charge is 2.40. The summed E-state index contributed by atoms with van der Waals surface area (Å²) in [6, 6.07) is 11.3. The van der Waals surface area contributed by atoms with Crippen LogP contribution in [0.15, 0.2) is 30.3 Å². The topological polar surface area (TPSA) is 73.6 Å². The smallest absolute Gasteiger partial charge is 0.259 e. The zero-order chi connectivity index (χ0) is 17.3. The third-order valence-corrected chi connectivity index (χ3v) is 4.48.